The van der Waals surface area contributed by atoms with Gasteiger partial charge in [0.05, 0.1) is 12.1 Å². The quantitative estimate of drug-likeness (QED) is 0.640. The summed E-state index contributed by atoms with van der Waals surface area (Å²) < 4.78 is 6.25. The fourth-order valence-electron chi connectivity index (χ4n) is 5.31. The lowest BCUT2D eigenvalue weighted by atomic mass is 10.0. The van der Waals surface area contributed by atoms with Crippen LogP contribution in [0.1, 0.15) is 64.0 Å². The summed E-state index contributed by atoms with van der Waals surface area (Å²) in [5, 5.41) is 0. The third kappa shape index (κ3) is 6.07. The molecule has 2 fully saturated rings. The highest BCUT2D eigenvalue weighted by atomic mass is 16.5. The average molecular weight is 456 g/mol. The van der Waals surface area contributed by atoms with Gasteiger partial charge in [-0.25, -0.2) is 4.99 Å². The van der Waals surface area contributed by atoms with Crippen molar-refractivity contribution in [2.45, 2.75) is 76.6 Å². The van der Waals surface area contributed by atoms with E-state index in [9.17, 15) is 4.79 Å². The highest BCUT2D eigenvalue weighted by Gasteiger charge is 2.36. The number of rotatable bonds is 7. The zero-order chi connectivity index (χ0) is 23.2. The highest BCUT2D eigenvalue weighted by molar-refractivity contribution is 5.82. The van der Waals surface area contributed by atoms with Crippen molar-refractivity contribution >= 4 is 11.9 Å². The molecule has 4 atom stereocenters. The molecule has 0 radical (unpaired) electrons. The summed E-state index contributed by atoms with van der Waals surface area (Å²) in [6, 6.07) is 10.7. The Balaban J connectivity index is 1.21. The van der Waals surface area contributed by atoms with E-state index in [0.29, 0.717) is 12.6 Å². The number of piperazine rings is 1. The second-order valence-electron chi connectivity index (χ2n) is 9.93. The molecule has 0 aromatic heterocycles. The molecule has 4 rings (SSSR count). The Morgan fingerprint density at radius 2 is 1.85 bits per heavy atom. The number of piperidine rings is 1. The Morgan fingerprint density at radius 1 is 1.09 bits per heavy atom. The molecule has 7 nitrogen and oxygen atoms in total. The van der Waals surface area contributed by atoms with Crippen LogP contribution in [0.15, 0.2) is 35.3 Å². The summed E-state index contributed by atoms with van der Waals surface area (Å²) in [6.07, 6.45) is 6.88. The van der Waals surface area contributed by atoms with Gasteiger partial charge in [-0.1, -0.05) is 43.2 Å². The molecule has 1 aromatic carbocycles. The Morgan fingerprint density at radius 3 is 2.58 bits per heavy atom. The maximum absolute atomic E-state index is 13.0. The van der Waals surface area contributed by atoms with E-state index in [4.69, 9.17) is 15.5 Å². The van der Waals surface area contributed by atoms with Crippen LogP contribution in [0.4, 0.5) is 0 Å². The van der Waals surface area contributed by atoms with E-state index in [2.05, 4.69) is 35.8 Å². The summed E-state index contributed by atoms with van der Waals surface area (Å²) in [5.74, 6) is 0.0879. The summed E-state index contributed by atoms with van der Waals surface area (Å²) in [5.41, 5.74) is 7.47. The molecule has 2 N–H and O–H groups in total. The predicted molar refractivity (Wildman–Crippen MR) is 132 cm³/mol. The standard InChI is InChI=1S/C26H41N5O2/c1-20-19-30(26-28-21(2)24(33-26)22-11-5-3-6-12-22)17-18-31(20)25(32)23(27)13-7-10-16-29-14-8-4-9-15-29/h3,5-6,11-12,20-21,23-24H,4,7-10,13-19,27H2,1-2H3/t20-,21+,23-,24-/m1/s1. The molecule has 3 heterocycles. The normalized spacial score (nSPS) is 27.2. The van der Waals surface area contributed by atoms with Crippen molar-refractivity contribution in [2.75, 3.05) is 39.3 Å². The fraction of sp³-hybridized carbons (Fsp3) is 0.692. The van der Waals surface area contributed by atoms with Crippen molar-refractivity contribution in [3.05, 3.63) is 35.9 Å². The topological polar surface area (TPSA) is 74.4 Å². The van der Waals surface area contributed by atoms with E-state index in [1.165, 1.54) is 32.4 Å². The van der Waals surface area contributed by atoms with E-state index in [0.717, 1.165) is 44.5 Å². The Labute approximate surface area is 199 Å². The van der Waals surface area contributed by atoms with Gasteiger partial charge in [-0.2, -0.15) is 0 Å². The predicted octanol–water partition coefficient (Wildman–Crippen LogP) is 3.02. The number of aliphatic imine (C=N–C) groups is 1. The number of carbonyl (C=O) groups is 1. The van der Waals surface area contributed by atoms with Gasteiger partial charge in [0, 0.05) is 25.7 Å². The van der Waals surface area contributed by atoms with Crippen LogP contribution in [0.25, 0.3) is 0 Å². The smallest absolute Gasteiger partial charge is 0.288 e. The second kappa shape index (κ2) is 11.3. The molecule has 7 heteroatoms. The second-order valence-corrected chi connectivity index (χ2v) is 9.93. The van der Waals surface area contributed by atoms with Gasteiger partial charge in [0.15, 0.2) is 0 Å². The van der Waals surface area contributed by atoms with Crippen LogP contribution in [0.2, 0.25) is 0 Å². The van der Waals surface area contributed by atoms with E-state index in [1.54, 1.807) is 0 Å². The molecule has 2 saturated heterocycles. The van der Waals surface area contributed by atoms with Crippen molar-refractivity contribution in [3.8, 4) is 0 Å². The number of hydrogen-bond acceptors (Lipinski definition) is 6. The number of likely N-dealkylation sites (tertiary alicyclic amines) is 1. The van der Waals surface area contributed by atoms with Crippen molar-refractivity contribution in [2.24, 2.45) is 10.7 Å². The molecule has 3 aliphatic heterocycles. The molecule has 0 unspecified atom stereocenters. The van der Waals surface area contributed by atoms with Gasteiger partial charge in [0.25, 0.3) is 6.02 Å². The van der Waals surface area contributed by atoms with Crippen molar-refractivity contribution in [1.29, 1.82) is 0 Å². The van der Waals surface area contributed by atoms with Gasteiger partial charge < -0.3 is 25.2 Å². The van der Waals surface area contributed by atoms with Crippen LogP contribution >= 0.6 is 0 Å². The molecule has 0 aliphatic carbocycles. The zero-order valence-electron chi connectivity index (χ0n) is 20.4. The molecular weight excluding hydrogens is 414 g/mol. The Hall–Kier alpha value is -2.12. The molecule has 182 valence electrons. The molecular formula is C26H41N5O2. The number of unbranched alkanes of at least 4 members (excludes halogenated alkanes) is 1. The third-order valence-corrected chi connectivity index (χ3v) is 7.30. The van der Waals surface area contributed by atoms with Gasteiger partial charge in [-0.15, -0.1) is 0 Å². The number of nitrogens with two attached hydrogens (primary N) is 1. The van der Waals surface area contributed by atoms with Crippen LogP contribution in [0.3, 0.4) is 0 Å². The Kier molecular flexibility index (Phi) is 8.25. The summed E-state index contributed by atoms with van der Waals surface area (Å²) in [6.45, 7) is 9.90. The monoisotopic (exact) mass is 455 g/mol. The first-order valence-electron chi connectivity index (χ1n) is 12.9. The minimum atomic E-state index is -0.400. The van der Waals surface area contributed by atoms with Gasteiger partial charge in [-0.05, 0) is 64.7 Å². The summed E-state index contributed by atoms with van der Waals surface area (Å²) >= 11 is 0. The highest BCUT2D eigenvalue weighted by Crippen LogP contribution is 2.30. The number of hydrogen-bond donors (Lipinski definition) is 1. The van der Waals surface area contributed by atoms with Gasteiger partial charge >= 0.3 is 0 Å². The largest absolute Gasteiger partial charge is 0.455 e. The van der Waals surface area contributed by atoms with Gasteiger partial charge in [0.2, 0.25) is 5.91 Å². The lowest BCUT2D eigenvalue weighted by Crippen LogP contribution is -2.58. The molecule has 0 spiro atoms. The first kappa shape index (κ1) is 24.0. The van der Waals surface area contributed by atoms with Crippen molar-refractivity contribution < 1.29 is 9.53 Å². The van der Waals surface area contributed by atoms with Crippen LogP contribution in [-0.2, 0) is 9.53 Å². The van der Waals surface area contributed by atoms with E-state index in [1.807, 2.05) is 23.1 Å². The van der Waals surface area contributed by atoms with E-state index < -0.39 is 6.04 Å². The first-order chi connectivity index (χ1) is 16.0. The number of benzene rings is 1. The summed E-state index contributed by atoms with van der Waals surface area (Å²) in [4.78, 5) is 24.5. The van der Waals surface area contributed by atoms with E-state index >= 15 is 0 Å². The maximum Gasteiger partial charge on any atom is 0.288 e. The minimum Gasteiger partial charge on any atom is -0.455 e. The van der Waals surface area contributed by atoms with E-state index in [-0.39, 0.29) is 24.1 Å². The zero-order valence-corrected chi connectivity index (χ0v) is 20.4. The number of nitrogens with zero attached hydrogens (tertiary/aromatic N) is 4. The van der Waals surface area contributed by atoms with Crippen LogP contribution in [0.5, 0.6) is 0 Å². The average Bonchev–Trinajstić information content (AvgIpc) is 3.24. The van der Waals surface area contributed by atoms with Crippen LogP contribution in [-0.4, -0.2) is 84.0 Å². The number of amidine groups is 1. The summed E-state index contributed by atoms with van der Waals surface area (Å²) in [7, 11) is 0. The lowest BCUT2D eigenvalue weighted by Gasteiger charge is -2.41. The fourth-order valence-corrected chi connectivity index (χ4v) is 5.31. The van der Waals surface area contributed by atoms with Crippen LogP contribution < -0.4 is 5.73 Å². The number of carbonyl (C=O) groups excluding carboxylic acids is 1. The SMILES string of the molecule is C[C@@H]1N=C(N2CCN(C(=O)[C@H](N)CCCCN3CCCCC3)[C@H](C)C2)O[C@H]1c1ccccc1. The number of ether oxygens (including phenoxy) is 1. The molecule has 3 aliphatic rings. The Bertz CT molecular complexity index is 795. The third-order valence-electron chi connectivity index (χ3n) is 7.30. The number of amides is 1. The molecule has 1 aromatic rings. The lowest BCUT2D eigenvalue weighted by molar-refractivity contribution is -0.136. The molecule has 1 amide bonds. The molecule has 0 bridgehead atoms. The first-order valence-corrected chi connectivity index (χ1v) is 12.9. The minimum absolute atomic E-state index is 0.0467. The van der Waals surface area contributed by atoms with Gasteiger partial charge in [-0.3, -0.25) is 4.79 Å². The maximum atomic E-state index is 13.0. The van der Waals surface area contributed by atoms with Crippen molar-refractivity contribution in [1.82, 2.24) is 14.7 Å². The molecule has 0 saturated carbocycles. The van der Waals surface area contributed by atoms with Crippen molar-refractivity contribution in [3.63, 3.8) is 0 Å². The van der Waals surface area contributed by atoms with Gasteiger partial charge in [0.1, 0.15) is 6.10 Å². The molecule has 33 heavy (non-hydrogen) atoms. The van der Waals surface area contributed by atoms with Crippen LogP contribution in [0, 0.1) is 0 Å².